The molecular formula is C19H26N4. The summed E-state index contributed by atoms with van der Waals surface area (Å²) in [5.41, 5.74) is 2.57. The van der Waals surface area contributed by atoms with Crippen molar-refractivity contribution in [3.05, 3.63) is 42.2 Å². The fourth-order valence-corrected chi connectivity index (χ4v) is 2.91. The SMILES string of the molecule is CC(C)(C)c1ccc(Nc2cc(N3CCCCC3)ncn2)cc1. The van der Waals surface area contributed by atoms with Crippen LogP contribution >= 0.6 is 0 Å². The summed E-state index contributed by atoms with van der Waals surface area (Å²) in [6.07, 6.45) is 5.48. The molecule has 1 aromatic carbocycles. The summed E-state index contributed by atoms with van der Waals surface area (Å²) in [6, 6.07) is 10.6. The van der Waals surface area contributed by atoms with E-state index in [1.165, 1.54) is 24.8 Å². The van der Waals surface area contributed by atoms with Crippen molar-refractivity contribution in [2.75, 3.05) is 23.3 Å². The van der Waals surface area contributed by atoms with E-state index in [4.69, 9.17) is 0 Å². The second-order valence-electron chi connectivity index (χ2n) is 7.26. The third-order valence-electron chi connectivity index (χ3n) is 4.36. The van der Waals surface area contributed by atoms with Crippen LogP contribution in [0.5, 0.6) is 0 Å². The maximum absolute atomic E-state index is 4.43. The first-order valence-electron chi connectivity index (χ1n) is 8.47. The maximum Gasteiger partial charge on any atom is 0.135 e. The molecule has 0 amide bonds. The zero-order valence-corrected chi connectivity index (χ0v) is 14.3. The van der Waals surface area contributed by atoms with Crippen LogP contribution in [0.3, 0.4) is 0 Å². The van der Waals surface area contributed by atoms with E-state index in [1.807, 2.05) is 6.07 Å². The van der Waals surface area contributed by atoms with Crippen molar-refractivity contribution in [3.63, 3.8) is 0 Å². The summed E-state index contributed by atoms with van der Waals surface area (Å²) in [7, 11) is 0. The molecule has 0 saturated carbocycles. The van der Waals surface area contributed by atoms with E-state index in [2.05, 4.69) is 65.2 Å². The second kappa shape index (κ2) is 6.57. The van der Waals surface area contributed by atoms with Crippen LogP contribution in [0.2, 0.25) is 0 Å². The van der Waals surface area contributed by atoms with Gasteiger partial charge in [0.1, 0.15) is 18.0 Å². The highest BCUT2D eigenvalue weighted by atomic mass is 15.2. The summed E-state index contributed by atoms with van der Waals surface area (Å²) in [6.45, 7) is 8.87. The second-order valence-corrected chi connectivity index (χ2v) is 7.26. The van der Waals surface area contributed by atoms with Gasteiger partial charge in [-0.1, -0.05) is 32.9 Å². The highest BCUT2D eigenvalue weighted by molar-refractivity contribution is 5.59. The van der Waals surface area contributed by atoms with Gasteiger partial charge in [0.25, 0.3) is 0 Å². The molecule has 1 fully saturated rings. The molecule has 1 aromatic heterocycles. The summed E-state index contributed by atoms with van der Waals surface area (Å²) in [5, 5.41) is 3.38. The van der Waals surface area contributed by atoms with Crippen LogP contribution in [-0.2, 0) is 5.41 Å². The van der Waals surface area contributed by atoms with Crippen LogP contribution in [0.25, 0.3) is 0 Å². The minimum Gasteiger partial charge on any atom is -0.356 e. The van der Waals surface area contributed by atoms with E-state index < -0.39 is 0 Å². The highest BCUT2D eigenvalue weighted by Crippen LogP contribution is 2.25. The van der Waals surface area contributed by atoms with Gasteiger partial charge < -0.3 is 10.2 Å². The first-order chi connectivity index (χ1) is 11.0. The van der Waals surface area contributed by atoms with E-state index >= 15 is 0 Å². The summed E-state index contributed by atoms with van der Waals surface area (Å²) >= 11 is 0. The molecule has 122 valence electrons. The lowest BCUT2D eigenvalue weighted by Gasteiger charge is -2.27. The number of nitrogens with zero attached hydrogens (tertiary/aromatic N) is 3. The molecule has 23 heavy (non-hydrogen) atoms. The predicted molar refractivity (Wildman–Crippen MR) is 96.5 cm³/mol. The Kier molecular flexibility index (Phi) is 4.51. The minimum atomic E-state index is 0.175. The molecular weight excluding hydrogens is 284 g/mol. The number of benzene rings is 1. The van der Waals surface area contributed by atoms with Gasteiger partial charge >= 0.3 is 0 Å². The van der Waals surface area contributed by atoms with Crippen LogP contribution in [0.15, 0.2) is 36.7 Å². The van der Waals surface area contributed by atoms with Crippen molar-refractivity contribution in [3.8, 4) is 0 Å². The number of rotatable bonds is 3. The molecule has 1 saturated heterocycles. The standard InChI is InChI=1S/C19H26N4/c1-19(2,3)15-7-9-16(10-8-15)22-17-13-18(21-14-20-17)23-11-5-4-6-12-23/h7-10,13-14H,4-6,11-12H2,1-3H3,(H,20,21,22). The van der Waals surface area contributed by atoms with Gasteiger partial charge in [-0.2, -0.15) is 0 Å². The number of nitrogens with one attached hydrogen (secondary N) is 1. The Morgan fingerprint density at radius 3 is 2.30 bits per heavy atom. The molecule has 4 nitrogen and oxygen atoms in total. The van der Waals surface area contributed by atoms with Gasteiger partial charge in [0.2, 0.25) is 0 Å². The lowest BCUT2D eigenvalue weighted by Crippen LogP contribution is -2.30. The highest BCUT2D eigenvalue weighted by Gasteiger charge is 2.14. The van der Waals surface area contributed by atoms with Crippen molar-refractivity contribution < 1.29 is 0 Å². The van der Waals surface area contributed by atoms with Crippen LogP contribution in [0.1, 0.15) is 45.6 Å². The molecule has 0 spiro atoms. The van der Waals surface area contributed by atoms with E-state index in [0.29, 0.717) is 0 Å². The number of hydrogen-bond acceptors (Lipinski definition) is 4. The van der Waals surface area contributed by atoms with Crippen molar-refractivity contribution in [1.82, 2.24) is 9.97 Å². The van der Waals surface area contributed by atoms with Crippen LogP contribution in [0.4, 0.5) is 17.3 Å². The zero-order chi connectivity index (χ0) is 16.3. The molecule has 2 heterocycles. The Hall–Kier alpha value is -2.10. The average Bonchev–Trinajstić information content (AvgIpc) is 2.56. The first-order valence-corrected chi connectivity index (χ1v) is 8.47. The molecule has 0 aliphatic carbocycles. The third kappa shape index (κ3) is 4.01. The van der Waals surface area contributed by atoms with Gasteiger partial charge in [0.15, 0.2) is 0 Å². The third-order valence-corrected chi connectivity index (χ3v) is 4.36. The van der Waals surface area contributed by atoms with Crippen molar-refractivity contribution in [1.29, 1.82) is 0 Å². The Morgan fingerprint density at radius 1 is 0.957 bits per heavy atom. The van der Waals surface area contributed by atoms with Gasteiger partial charge in [0, 0.05) is 24.8 Å². The molecule has 0 radical (unpaired) electrons. The number of anilines is 3. The van der Waals surface area contributed by atoms with Gasteiger partial charge in [0.05, 0.1) is 0 Å². The Morgan fingerprint density at radius 2 is 1.65 bits per heavy atom. The summed E-state index contributed by atoms with van der Waals surface area (Å²) in [5.74, 6) is 1.87. The van der Waals surface area contributed by atoms with Crippen LogP contribution in [0, 0.1) is 0 Å². The Balaban J connectivity index is 1.72. The van der Waals surface area contributed by atoms with E-state index in [9.17, 15) is 0 Å². The molecule has 3 rings (SSSR count). The number of piperidine rings is 1. The van der Waals surface area contributed by atoms with Gasteiger partial charge in [-0.25, -0.2) is 9.97 Å². The normalized spacial score (nSPS) is 15.5. The molecule has 1 aliphatic rings. The Labute approximate surface area is 139 Å². The number of hydrogen-bond donors (Lipinski definition) is 1. The van der Waals surface area contributed by atoms with E-state index in [1.54, 1.807) is 6.33 Å². The van der Waals surface area contributed by atoms with Crippen LogP contribution in [-0.4, -0.2) is 23.1 Å². The quantitative estimate of drug-likeness (QED) is 0.905. The van der Waals surface area contributed by atoms with Crippen molar-refractivity contribution in [2.24, 2.45) is 0 Å². The smallest absolute Gasteiger partial charge is 0.135 e. The lowest BCUT2D eigenvalue weighted by atomic mass is 9.87. The minimum absolute atomic E-state index is 0.175. The van der Waals surface area contributed by atoms with Gasteiger partial charge in [-0.15, -0.1) is 0 Å². The monoisotopic (exact) mass is 310 g/mol. The molecule has 2 aromatic rings. The fraction of sp³-hybridized carbons (Fsp3) is 0.474. The van der Waals surface area contributed by atoms with Crippen LogP contribution < -0.4 is 10.2 Å². The molecule has 1 aliphatic heterocycles. The van der Waals surface area contributed by atoms with Crippen molar-refractivity contribution >= 4 is 17.3 Å². The largest absolute Gasteiger partial charge is 0.356 e. The lowest BCUT2D eigenvalue weighted by molar-refractivity contribution is 0.573. The van der Waals surface area contributed by atoms with E-state index in [0.717, 1.165) is 30.4 Å². The molecule has 1 N–H and O–H groups in total. The fourth-order valence-electron chi connectivity index (χ4n) is 2.91. The average molecular weight is 310 g/mol. The summed E-state index contributed by atoms with van der Waals surface area (Å²) in [4.78, 5) is 11.1. The molecule has 4 heteroatoms. The number of aromatic nitrogens is 2. The van der Waals surface area contributed by atoms with Crippen molar-refractivity contribution in [2.45, 2.75) is 45.4 Å². The Bertz CT molecular complexity index is 637. The molecule has 0 bridgehead atoms. The first kappa shape index (κ1) is 15.8. The van der Waals surface area contributed by atoms with Gasteiger partial charge in [-0.05, 0) is 42.4 Å². The van der Waals surface area contributed by atoms with Gasteiger partial charge in [-0.3, -0.25) is 0 Å². The topological polar surface area (TPSA) is 41.0 Å². The maximum atomic E-state index is 4.43. The predicted octanol–water partition coefficient (Wildman–Crippen LogP) is 4.51. The molecule has 0 unspecified atom stereocenters. The molecule has 0 atom stereocenters. The summed E-state index contributed by atoms with van der Waals surface area (Å²) < 4.78 is 0. The van der Waals surface area contributed by atoms with E-state index in [-0.39, 0.29) is 5.41 Å². The zero-order valence-electron chi connectivity index (χ0n) is 14.3.